The molecule has 7 nitrogen and oxygen atoms in total. The van der Waals surface area contributed by atoms with E-state index in [0.717, 1.165) is 0 Å². The minimum atomic E-state index is -1.38. The van der Waals surface area contributed by atoms with Crippen LogP contribution in [0.2, 0.25) is 0 Å². The van der Waals surface area contributed by atoms with Crippen molar-refractivity contribution in [1.29, 1.82) is 0 Å². The van der Waals surface area contributed by atoms with E-state index in [1.807, 2.05) is 0 Å². The molecule has 0 aliphatic heterocycles. The van der Waals surface area contributed by atoms with Gasteiger partial charge in [-0.15, -0.1) is 0 Å². The fourth-order valence-electron chi connectivity index (χ4n) is 0.0428. The molecule has 0 aliphatic carbocycles. The Morgan fingerprint density at radius 2 is 1.60 bits per heavy atom. The molecule has 0 fully saturated rings. The second kappa shape index (κ2) is 23.2. The van der Waals surface area contributed by atoms with Crippen LogP contribution in [-0.4, -0.2) is 38.9 Å². The second-order valence-electron chi connectivity index (χ2n) is 0.517. The largest absolute Gasteiger partial charge is 1.00 e. The van der Waals surface area contributed by atoms with Crippen LogP contribution in [0.25, 0.3) is 0 Å². The van der Waals surface area contributed by atoms with Gasteiger partial charge in [0.05, 0.1) is 0 Å². The molecule has 10 heavy (non-hydrogen) atoms. The number of carboxylic acids is 1. The summed E-state index contributed by atoms with van der Waals surface area (Å²) in [5.41, 5.74) is 0. The Morgan fingerprint density at radius 3 is 1.60 bits per heavy atom. The van der Waals surface area contributed by atoms with E-state index in [1.165, 1.54) is 6.21 Å². The van der Waals surface area contributed by atoms with Crippen molar-refractivity contribution in [2.24, 2.45) is 5.16 Å². The summed E-state index contributed by atoms with van der Waals surface area (Å²) in [6, 6.07) is 0. The molecule has 0 aliphatic rings. The van der Waals surface area contributed by atoms with Gasteiger partial charge in [0.2, 0.25) is 0 Å². The summed E-state index contributed by atoms with van der Waals surface area (Å²) in [5, 5.41) is 17.0. The second-order valence-corrected chi connectivity index (χ2v) is 0.517. The normalized spacial score (nSPS) is 5.60. The number of aliphatic carboxylic acids is 1. The number of rotatable bonds is 1. The van der Waals surface area contributed by atoms with Gasteiger partial charge in [-0.1, -0.05) is 0 Å². The summed E-state index contributed by atoms with van der Waals surface area (Å²) in [6.45, 7) is 0. The predicted molar refractivity (Wildman–Crippen MR) is 27.7 cm³/mol. The van der Waals surface area contributed by atoms with Gasteiger partial charge in [-0.2, -0.15) is 0 Å². The van der Waals surface area contributed by atoms with E-state index < -0.39 is 5.97 Å². The average Bonchev–Trinajstić information content (AvgIpc) is 1.35. The molecule has 0 radical (unpaired) electrons. The Labute approximate surface area is 78.6 Å². The summed E-state index contributed by atoms with van der Waals surface area (Å²) >= 11 is 0. The molecule has 0 saturated heterocycles. The van der Waals surface area contributed by atoms with Crippen LogP contribution < -0.4 is 29.6 Å². The molecule has 0 saturated carbocycles. The average molecular weight is 165 g/mol. The van der Waals surface area contributed by atoms with Crippen molar-refractivity contribution < 1.29 is 61.1 Å². The molecule has 0 amide bonds. The number of nitrogens with zero attached hydrogens (tertiary/aromatic N) is 1. The monoisotopic (exact) mass is 165 g/mol. The smallest absolute Gasteiger partial charge is 0.503 e. The zero-order valence-corrected chi connectivity index (χ0v) is 7.25. The van der Waals surface area contributed by atoms with E-state index >= 15 is 0 Å². The molecular weight excluding hydrogens is 157 g/mol. The Morgan fingerprint density at radius 1 is 1.30 bits per heavy atom. The van der Waals surface area contributed by atoms with Crippen LogP contribution >= 0.6 is 0 Å². The van der Waals surface area contributed by atoms with E-state index in [2.05, 4.69) is 5.16 Å². The van der Waals surface area contributed by atoms with Crippen molar-refractivity contribution in [2.45, 2.75) is 0 Å². The number of hydrogen-bond donors (Lipinski definition) is 2. The summed E-state index contributed by atoms with van der Waals surface area (Å²) in [5.74, 6) is -1.38. The molecule has 0 aromatic carbocycles. The third kappa shape index (κ3) is 45.7. The fraction of sp³-hybridized carbons (Fsp3) is 0. The van der Waals surface area contributed by atoms with E-state index in [9.17, 15) is 4.79 Å². The predicted octanol–water partition coefficient (Wildman–Crippen LogP) is -6.06. The van der Waals surface area contributed by atoms with Crippen LogP contribution in [0.15, 0.2) is 5.16 Å². The molecule has 0 aromatic heterocycles. The van der Waals surface area contributed by atoms with Gasteiger partial charge in [0.25, 0.3) is 0 Å². The van der Waals surface area contributed by atoms with Gasteiger partial charge in [0.15, 0.2) is 5.97 Å². The summed E-state index contributed by atoms with van der Waals surface area (Å²) in [7, 11) is 0. The number of hydrogen-bond acceptors (Lipinski definition) is 3. The molecular formula is C2H8NNaO6. The summed E-state index contributed by atoms with van der Waals surface area (Å²) in [4.78, 5) is 9.23. The van der Waals surface area contributed by atoms with Crippen molar-refractivity contribution in [2.75, 3.05) is 0 Å². The number of carboxylic acid groups (broad SMARTS) is 1. The maximum Gasteiger partial charge on any atom is 1.00 e. The first-order valence-corrected chi connectivity index (χ1v) is 1.10. The third-order valence-electron chi connectivity index (χ3n) is 0.146. The fourth-order valence-corrected chi connectivity index (χ4v) is 0.0428. The Balaban J connectivity index is -0.0000000208. The molecule has 0 bridgehead atoms. The molecule has 58 valence electrons. The first kappa shape index (κ1) is 32.9. The van der Waals surface area contributed by atoms with Crippen molar-refractivity contribution in [3.8, 4) is 0 Å². The standard InChI is InChI=1S/C2H2NO3.Na.3H2O/c4-2(5)1-3-6;;;;/h6H,(H,4,5);;3*1H2/q-1;+1;;;. The molecule has 0 aromatic rings. The van der Waals surface area contributed by atoms with E-state index in [1.54, 1.807) is 0 Å². The quantitative estimate of drug-likeness (QED) is 0.130. The van der Waals surface area contributed by atoms with Crippen LogP contribution in [0.1, 0.15) is 0 Å². The van der Waals surface area contributed by atoms with E-state index in [4.69, 9.17) is 10.3 Å². The molecule has 8 heteroatoms. The minimum absolute atomic E-state index is 0. The molecule has 0 rings (SSSR count). The van der Waals surface area contributed by atoms with Gasteiger partial charge < -0.3 is 31.9 Å². The molecule has 0 heterocycles. The first-order valence-electron chi connectivity index (χ1n) is 1.10. The minimum Gasteiger partial charge on any atom is -0.503 e. The zero-order valence-electron chi connectivity index (χ0n) is 5.25. The van der Waals surface area contributed by atoms with Crippen LogP contribution in [0.4, 0.5) is 0 Å². The summed E-state index contributed by atoms with van der Waals surface area (Å²) < 4.78 is 0. The van der Waals surface area contributed by atoms with Gasteiger partial charge in [-0.3, -0.25) is 4.79 Å². The number of carbonyl (C=O) groups is 1. The van der Waals surface area contributed by atoms with Crippen molar-refractivity contribution >= 4 is 12.2 Å². The van der Waals surface area contributed by atoms with E-state index in [-0.39, 0.29) is 46.0 Å². The molecule has 0 atom stereocenters. The topological polar surface area (TPSA) is 164 Å². The SMILES string of the molecule is O.O.O.O=C(O)[C-]=NO.[Na+]. The van der Waals surface area contributed by atoms with Crippen LogP contribution in [0.3, 0.4) is 0 Å². The van der Waals surface area contributed by atoms with Crippen LogP contribution in [-0.2, 0) is 4.79 Å². The van der Waals surface area contributed by atoms with E-state index in [0.29, 0.717) is 0 Å². The molecule has 0 unspecified atom stereocenters. The zero-order chi connectivity index (χ0) is 4.99. The van der Waals surface area contributed by atoms with Crippen molar-refractivity contribution in [1.82, 2.24) is 0 Å². The van der Waals surface area contributed by atoms with Crippen molar-refractivity contribution in [3.05, 3.63) is 0 Å². The Bertz CT molecular complexity index is 83.8. The first-order chi connectivity index (χ1) is 2.77. The van der Waals surface area contributed by atoms with Gasteiger partial charge in [-0.25, -0.2) is 6.21 Å². The van der Waals surface area contributed by atoms with Gasteiger partial charge >= 0.3 is 29.6 Å². The van der Waals surface area contributed by atoms with Gasteiger partial charge in [0.1, 0.15) is 0 Å². The van der Waals surface area contributed by atoms with Crippen LogP contribution in [0.5, 0.6) is 0 Å². The summed E-state index contributed by atoms with van der Waals surface area (Å²) in [6.07, 6.45) is 1.31. The Hall–Kier alpha value is -0.180. The van der Waals surface area contributed by atoms with Gasteiger partial charge in [-0.05, 0) is 0 Å². The maximum atomic E-state index is 9.23. The van der Waals surface area contributed by atoms with Crippen LogP contribution in [0, 0.1) is 0 Å². The molecule has 8 N–H and O–H groups in total. The molecule has 0 spiro atoms. The van der Waals surface area contributed by atoms with Crippen molar-refractivity contribution in [3.63, 3.8) is 0 Å². The third-order valence-corrected chi connectivity index (χ3v) is 0.146. The van der Waals surface area contributed by atoms with Gasteiger partial charge in [0, 0.05) is 0 Å². The Kier molecular flexibility index (Phi) is 76.3. The maximum absolute atomic E-state index is 9.23.